The average molecular weight is 414 g/mol. The smallest absolute Gasteiger partial charge is 0.411 e. The van der Waals surface area contributed by atoms with E-state index in [0.717, 1.165) is 56.4 Å². The highest BCUT2D eigenvalue weighted by molar-refractivity contribution is 7.99. The zero-order valence-corrected chi connectivity index (χ0v) is 17.5. The predicted octanol–water partition coefficient (Wildman–Crippen LogP) is 4.58. The van der Waals surface area contributed by atoms with Crippen molar-refractivity contribution in [1.29, 1.82) is 0 Å². The Morgan fingerprint density at radius 3 is 2.72 bits per heavy atom. The molecule has 2 aliphatic rings. The molecule has 1 fully saturated rings. The fraction of sp³-hybridized carbons (Fsp3) is 0.409. The van der Waals surface area contributed by atoms with Crippen molar-refractivity contribution < 1.29 is 14.3 Å². The van der Waals surface area contributed by atoms with Crippen molar-refractivity contribution in [2.45, 2.75) is 23.1 Å². The molecule has 0 spiro atoms. The lowest BCUT2D eigenvalue weighted by Gasteiger charge is -2.34. The lowest BCUT2D eigenvalue weighted by Crippen LogP contribution is -2.38. The van der Waals surface area contributed by atoms with Gasteiger partial charge in [0.2, 0.25) is 0 Å². The highest BCUT2D eigenvalue weighted by Gasteiger charge is 2.23. The van der Waals surface area contributed by atoms with Crippen LogP contribution >= 0.6 is 11.8 Å². The van der Waals surface area contributed by atoms with Crippen LogP contribution in [0, 0.1) is 0 Å². The summed E-state index contributed by atoms with van der Waals surface area (Å²) in [4.78, 5) is 19.0. The molecule has 7 heteroatoms. The maximum Gasteiger partial charge on any atom is 0.411 e. The van der Waals surface area contributed by atoms with Crippen LogP contribution in [0.2, 0.25) is 0 Å². The van der Waals surface area contributed by atoms with Crippen molar-refractivity contribution in [3.63, 3.8) is 0 Å². The normalized spacial score (nSPS) is 16.1. The Balaban J connectivity index is 1.51. The third-order valence-corrected chi connectivity index (χ3v) is 6.22. The van der Waals surface area contributed by atoms with Gasteiger partial charge in [0.05, 0.1) is 31.2 Å². The Hall–Kier alpha value is -2.22. The van der Waals surface area contributed by atoms with Gasteiger partial charge in [0.1, 0.15) is 0 Å². The predicted molar refractivity (Wildman–Crippen MR) is 117 cm³/mol. The Morgan fingerprint density at radius 1 is 1.10 bits per heavy atom. The first-order valence-electron chi connectivity index (χ1n) is 10.2. The number of nitrogens with one attached hydrogen (secondary N) is 1. The minimum absolute atomic E-state index is 0.357. The molecule has 0 bridgehead atoms. The summed E-state index contributed by atoms with van der Waals surface area (Å²) in [7, 11) is 0. The zero-order chi connectivity index (χ0) is 20.1. The van der Waals surface area contributed by atoms with E-state index in [2.05, 4.69) is 45.4 Å². The molecule has 0 aliphatic carbocycles. The van der Waals surface area contributed by atoms with Crippen molar-refractivity contribution in [1.82, 2.24) is 4.90 Å². The van der Waals surface area contributed by atoms with Gasteiger partial charge in [0, 0.05) is 41.7 Å². The van der Waals surface area contributed by atoms with Gasteiger partial charge < -0.3 is 14.4 Å². The topological polar surface area (TPSA) is 54.0 Å². The molecule has 29 heavy (non-hydrogen) atoms. The zero-order valence-electron chi connectivity index (χ0n) is 16.7. The number of hydrogen-bond acceptors (Lipinski definition) is 6. The molecule has 2 heterocycles. The Kier molecular flexibility index (Phi) is 6.59. The fourth-order valence-electron chi connectivity index (χ4n) is 3.71. The van der Waals surface area contributed by atoms with Crippen LogP contribution in [0.15, 0.2) is 52.3 Å². The molecule has 2 aliphatic heterocycles. The first-order chi connectivity index (χ1) is 14.2. The molecule has 1 saturated heterocycles. The van der Waals surface area contributed by atoms with Crippen molar-refractivity contribution in [3.8, 4) is 0 Å². The Labute approximate surface area is 176 Å². The number of rotatable bonds is 6. The summed E-state index contributed by atoms with van der Waals surface area (Å²) in [6.07, 6.45) is 0.664. The van der Waals surface area contributed by atoms with Crippen molar-refractivity contribution >= 4 is 34.9 Å². The number of benzene rings is 2. The molecule has 0 atom stereocenters. The SMILES string of the molecule is CCOC(=O)Nc1ccc2c(c1)Sc1ccccc1N2CCCN1CCOCC1. The molecule has 2 aromatic carbocycles. The molecule has 0 saturated carbocycles. The van der Waals surface area contributed by atoms with Gasteiger partial charge in [-0.2, -0.15) is 0 Å². The van der Waals surface area contributed by atoms with Gasteiger partial charge in [-0.3, -0.25) is 10.2 Å². The van der Waals surface area contributed by atoms with Crippen LogP contribution in [0.5, 0.6) is 0 Å². The molecule has 0 radical (unpaired) electrons. The molecule has 4 rings (SSSR count). The number of para-hydroxylation sites is 1. The minimum Gasteiger partial charge on any atom is -0.450 e. The van der Waals surface area contributed by atoms with Crippen molar-refractivity contribution in [2.75, 3.05) is 56.2 Å². The summed E-state index contributed by atoms with van der Waals surface area (Å²) < 4.78 is 10.4. The van der Waals surface area contributed by atoms with Crippen LogP contribution in [-0.2, 0) is 9.47 Å². The molecule has 154 valence electrons. The van der Waals surface area contributed by atoms with Crippen LogP contribution in [0.3, 0.4) is 0 Å². The van der Waals surface area contributed by atoms with E-state index >= 15 is 0 Å². The average Bonchev–Trinajstić information content (AvgIpc) is 2.74. The fourth-order valence-corrected chi connectivity index (χ4v) is 4.85. The number of amides is 1. The third kappa shape index (κ3) is 4.86. The molecule has 2 aromatic rings. The molecule has 0 aromatic heterocycles. The summed E-state index contributed by atoms with van der Waals surface area (Å²) in [5, 5.41) is 2.81. The highest BCUT2D eigenvalue weighted by atomic mass is 32.2. The number of hydrogen-bond donors (Lipinski definition) is 1. The second kappa shape index (κ2) is 9.52. The summed E-state index contributed by atoms with van der Waals surface area (Å²) in [5.41, 5.74) is 3.19. The lowest BCUT2D eigenvalue weighted by atomic mass is 10.2. The summed E-state index contributed by atoms with van der Waals surface area (Å²) in [6.45, 7) is 7.89. The van der Waals surface area contributed by atoms with E-state index in [0.29, 0.717) is 6.61 Å². The first-order valence-corrected chi connectivity index (χ1v) is 11.0. The second-order valence-electron chi connectivity index (χ2n) is 7.06. The van der Waals surface area contributed by atoms with Crippen LogP contribution in [0.1, 0.15) is 13.3 Å². The van der Waals surface area contributed by atoms with Gasteiger partial charge in [0.25, 0.3) is 0 Å². The third-order valence-electron chi connectivity index (χ3n) is 5.11. The van der Waals surface area contributed by atoms with Crippen LogP contribution in [0.25, 0.3) is 0 Å². The molecular weight excluding hydrogens is 386 g/mol. The van der Waals surface area contributed by atoms with Crippen LogP contribution < -0.4 is 10.2 Å². The summed E-state index contributed by atoms with van der Waals surface area (Å²) in [6, 6.07) is 14.6. The minimum atomic E-state index is -0.420. The van der Waals surface area contributed by atoms with Gasteiger partial charge in [-0.15, -0.1) is 0 Å². The number of morpholine rings is 1. The van der Waals surface area contributed by atoms with E-state index in [1.807, 2.05) is 12.1 Å². The van der Waals surface area contributed by atoms with Gasteiger partial charge >= 0.3 is 6.09 Å². The molecular formula is C22H27N3O3S. The van der Waals surface area contributed by atoms with E-state index in [1.54, 1.807) is 18.7 Å². The lowest BCUT2D eigenvalue weighted by molar-refractivity contribution is 0.0377. The summed E-state index contributed by atoms with van der Waals surface area (Å²) in [5.74, 6) is 0. The number of anilines is 3. The number of carbonyl (C=O) groups excluding carboxylic acids is 1. The van der Waals surface area contributed by atoms with Gasteiger partial charge in [-0.05, 0) is 43.7 Å². The van der Waals surface area contributed by atoms with Crippen molar-refractivity contribution in [2.24, 2.45) is 0 Å². The van der Waals surface area contributed by atoms with Crippen LogP contribution in [0.4, 0.5) is 21.9 Å². The number of carbonyl (C=O) groups is 1. The number of ether oxygens (including phenoxy) is 2. The van der Waals surface area contributed by atoms with E-state index < -0.39 is 6.09 Å². The largest absolute Gasteiger partial charge is 0.450 e. The van der Waals surface area contributed by atoms with E-state index in [9.17, 15) is 4.79 Å². The Bertz CT molecular complexity index is 855. The highest BCUT2D eigenvalue weighted by Crippen LogP contribution is 2.48. The Morgan fingerprint density at radius 2 is 1.90 bits per heavy atom. The van der Waals surface area contributed by atoms with E-state index in [-0.39, 0.29) is 0 Å². The first kappa shape index (κ1) is 20.1. The standard InChI is InChI=1S/C22H27N3O3S/c1-2-28-22(26)23-17-8-9-19-21(16-17)29-20-7-4-3-6-18(20)25(19)11-5-10-24-12-14-27-15-13-24/h3-4,6-9,16H,2,5,10-15H2,1H3,(H,23,26). The van der Waals surface area contributed by atoms with Crippen LogP contribution in [-0.4, -0.2) is 57.0 Å². The molecule has 6 nitrogen and oxygen atoms in total. The van der Waals surface area contributed by atoms with E-state index in [1.165, 1.54) is 16.3 Å². The number of fused-ring (bicyclic) bond motifs is 2. The molecule has 1 amide bonds. The van der Waals surface area contributed by atoms with Gasteiger partial charge in [-0.25, -0.2) is 4.79 Å². The van der Waals surface area contributed by atoms with Gasteiger partial charge in [0.15, 0.2) is 0 Å². The summed E-state index contributed by atoms with van der Waals surface area (Å²) >= 11 is 1.74. The van der Waals surface area contributed by atoms with Crippen molar-refractivity contribution in [3.05, 3.63) is 42.5 Å². The monoisotopic (exact) mass is 413 g/mol. The number of nitrogens with zero attached hydrogens (tertiary/aromatic N) is 2. The van der Waals surface area contributed by atoms with E-state index in [4.69, 9.17) is 9.47 Å². The van der Waals surface area contributed by atoms with Gasteiger partial charge in [-0.1, -0.05) is 23.9 Å². The quantitative estimate of drug-likeness (QED) is 0.748. The molecule has 1 N–H and O–H groups in total. The maximum absolute atomic E-state index is 11.8. The maximum atomic E-state index is 11.8. The molecule has 0 unspecified atom stereocenters. The second-order valence-corrected chi connectivity index (χ2v) is 8.14.